The number of pyridine rings is 2. The lowest BCUT2D eigenvalue weighted by molar-refractivity contribution is 0.373. The van der Waals surface area contributed by atoms with Gasteiger partial charge >= 0.3 is 0 Å². The highest BCUT2D eigenvalue weighted by Gasteiger charge is 2.26. The Morgan fingerprint density at radius 1 is 0.938 bits per heavy atom. The third-order valence-electron chi connectivity index (χ3n) is 6.63. The van der Waals surface area contributed by atoms with Crippen LogP contribution in [0.4, 0.5) is 10.3 Å². The van der Waals surface area contributed by atoms with Gasteiger partial charge in [0.15, 0.2) is 0 Å². The predicted octanol–water partition coefficient (Wildman–Crippen LogP) is 4.45. The van der Waals surface area contributed by atoms with Crippen molar-refractivity contribution >= 4 is 16.9 Å². The molecule has 1 saturated carbocycles. The van der Waals surface area contributed by atoms with E-state index in [1.54, 1.807) is 13.1 Å². The van der Waals surface area contributed by atoms with Crippen molar-refractivity contribution in [2.45, 2.75) is 44.6 Å². The number of hydrogen-bond donors (Lipinski definition) is 0. The first-order chi connectivity index (χ1) is 15.7. The Labute approximate surface area is 185 Å². The zero-order valence-electron chi connectivity index (χ0n) is 17.9. The van der Waals surface area contributed by atoms with Gasteiger partial charge in [-0.15, -0.1) is 0 Å². The molecule has 5 heterocycles. The molecule has 1 aliphatic carbocycles. The van der Waals surface area contributed by atoms with Crippen molar-refractivity contribution in [2.24, 2.45) is 0 Å². The van der Waals surface area contributed by atoms with E-state index in [4.69, 9.17) is 0 Å². The number of piperidine rings is 1. The van der Waals surface area contributed by atoms with Gasteiger partial charge < -0.3 is 4.90 Å². The number of rotatable bonds is 4. The second-order valence-corrected chi connectivity index (χ2v) is 8.78. The monoisotopic (exact) mass is 429 g/mol. The van der Waals surface area contributed by atoms with Crippen LogP contribution in [-0.4, -0.2) is 42.8 Å². The highest BCUT2D eigenvalue weighted by atomic mass is 19.1. The molecule has 0 N–H and O–H groups in total. The first-order valence-electron chi connectivity index (χ1n) is 11.2. The molecule has 162 valence electrons. The van der Waals surface area contributed by atoms with Gasteiger partial charge in [0.05, 0.1) is 35.2 Å². The second-order valence-electron chi connectivity index (χ2n) is 8.78. The summed E-state index contributed by atoms with van der Waals surface area (Å²) in [5, 5.41) is 5.61. The lowest BCUT2D eigenvalue weighted by Gasteiger charge is -2.32. The van der Waals surface area contributed by atoms with Gasteiger partial charge in [-0.05, 0) is 56.2 Å². The number of aryl methyl sites for hydroxylation is 1. The topological polar surface area (TPSA) is 72.6 Å². The van der Waals surface area contributed by atoms with E-state index in [1.165, 1.54) is 30.7 Å². The van der Waals surface area contributed by atoms with Gasteiger partial charge in [0.1, 0.15) is 5.82 Å². The molecule has 6 rings (SSSR count). The molecule has 0 spiro atoms. The van der Waals surface area contributed by atoms with Crippen LogP contribution in [0.2, 0.25) is 0 Å². The summed E-state index contributed by atoms with van der Waals surface area (Å²) in [7, 11) is 0. The van der Waals surface area contributed by atoms with Gasteiger partial charge in [0, 0.05) is 42.8 Å². The van der Waals surface area contributed by atoms with Crippen LogP contribution in [0, 0.1) is 12.7 Å². The molecule has 1 saturated heterocycles. The number of anilines is 1. The van der Waals surface area contributed by atoms with Gasteiger partial charge in [-0.1, -0.05) is 0 Å². The zero-order chi connectivity index (χ0) is 21.7. The van der Waals surface area contributed by atoms with Crippen molar-refractivity contribution in [1.29, 1.82) is 0 Å². The highest BCUT2D eigenvalue weighted by Crippen LogP contribution is 2.39. The third kappa shape index (κ3) is 3.39. The zero-order valence-corrected chi connectivity index (χ0v) is 17.9. The fourth-order valence-corrected chi connectivity index (χ4v) is 4.65. The number of nitrogens with zero attached hydrogens (tertiary/aromatic N) is 7. The van der Waals surface area contributed by atoms with Crippen LogP contribution in [0.3, 0.4) is 0 Å². The molecule has 2 aliphatic rings. The minimum absolute atomic E-state index is 0.291. The molecule has 2 fully saturated rings. The maximum absolute atomic E-state index is 14.4. The van der Waals surface area contributed by atoms with Crippen LogP contribution in [0.15, 0.2) is 43.1 Å². The van der Waals surface area contributed by atoms with Gasteiger partial charge in [-0.2, -0.15) is 5.10 Å². The maximum atomic E-state index is 14.4. The van der Waals surface area contributed by atoms with E-state index in [0.717, 1.165) is 42.8 Å². The van der Waals surface area contributed by atoms with Gasteiger partial charge in [-0.3, -0.25) is 14.6 Å². The van der Waals surface area contributed by atoms with Crippen molar-refractivity contribution in [2.75, 3.05) is 18.0 Å². The summed E-state index contributed by atoms with van der Waals surface area (Å²) in [6, 6.07) is 3.56. The first kappa shape index (κ1) is 19.3. The fraction of sp³-hybridized carbons (Fsp3) is 0.375. The summed E-state index contributed by atoms with van der Waals surface area (Å²) >= 11 is 0. The van der Waals surface area contributed by atoms with E-state index in [-0.39, 0.29) is 5.82 Å². The van der Waals surface area contributed by atoms with Gasteiger partial charge in [-0.25, -0.2) is 14.4 Å². The van der Waals surface area contributed by atoms with E-state index >= 15 is 0 Å². The second kappa shape index (κ2) is 7.62. The van der Waals surface area contributed by atoms with Crippen molar-refractivity contribution in [3.8, 4) is 11.3 Å². The molecule has 0 atom stereocenters. The maximum Gasteiger partial charge on any atom is 0.225 e. The Morgan fingerprint density at radius 2 is 1.72 bits per heavy atom. The third-order valence-corrected chi connectivity index (χ3v) is 6.63. The molecule has 1 aliphatic heterocycles. The average Bonchev–Trinajstić information content (AvgIpc) is 3.59. The SMILES string of the molecule is Cc1nccc(F)c1-c1cc2cnn(C3CCN(c4ncc(C5CC5)cn4)CC3)c2cn1. The molecular weight excluding hydrogens is 405 g/mol. The van der Waals surface area contributed by atoms with E-state index in [2.05, 4.69) is 34.6 Å². The summed E-state index contributed by atoms with van der Waals surface area (Å²) in [5.41, 5.74) is 3.90. The Balaban J connectivity index is 1.20. The minimum atomic E-state index is -0.309. The normalized spacial score (nSPS) is 17.2. The largest absolute Gasteiger partial charge is 0.341 e. The molecule has 32 heavy (non-hydrogen) atoms. The quantitative estimate of drug-likeness (QED) is 0.477. The summed E-state index contributed by atoms with van der Waals surface area (Å²) in [4.78, 5) is 20.2. The van der Waals surface area contributed by atoms with Crippen LogP contribution in [-0.2, 0) is 0 Å². The molecule has 4 aromatic rings. The standard InChI is InChI=1S/C24H24FN7/c1-15-23(20(25)4-7-26-15)21-10-17-13-30-32(22(17)14-27-21)19-5-8-31(9-6-19)24-28-11-18(12-29-24)16-2-3-16/h4,7,10-14,16,19H,2-3,5-6,8-9H2,1H3. The van der Waals surface area contributed by atoms with Gasteiger partial charge in [0.2, 0.25) is 5.95 Å². The molecule has 4 aromatic heterocycles. The molecule has 0 radical (unpaired) electrons. The molecule has 8 heteroatoms. The number of hydrogen-bond acceptors (Lipinski definition) is 6. The number of fused-ring (bicyclic) bond motifs is 1. The van der Waals surface area contributed by atoms with Crippen molar-refractivity contribution in [1.82, 2.24) is 29.7 Å². The highest BCUT2D eigenvalue weighted by molar-refractivity contribution is 5.82. The van der Waals surface area contributed by atoms with Gasteiger partial charge in [0.25, 0.3) is 0 Å². The lowest BCUT2D eigenvalue weighted by Crippen LogP contribution is -2.36. The molecule has 0 unspecified atom stereocenters. The Bertz CT molecular complexity index is 1250. The minimum Gasteiger partial charge on any atom is -0.341 e. The van der Waals surface area contributed by atoms with Crippen molar-refractivity contribution in [3.63, 3.8) is 0 Å². The summed E-state index contributed by atoms with van der Waals surface area (Å²) in [6.07, 6.45) is 13.5. The van der Waals surface area contributed by atoms with Crippen LogP contribution < -0.4 is 4.90 Å². The van der Waals surface area contributed by atoms with E-state index in [1.807, 2.05) is 24.7 Å². The van der Waals surface area contributed by atoms with E-state index in [9.17, 15) is 4.39 Å². The smallest absolute Gasteiger partial charge is 0.225 e. The van der Waals surface area contributed by atoms with Crippen LogP contribution in [0.25, 0.3) is 22.2 Å². The van der Waals surface area contributed by atoms with E-state index < -0.39 is 0 Å². The molecule has 0 aromatic carbocycles. The molecule has 0 bridgehead atoms. The van der Waals surface area contributed by atoms with Crippen LogP contribution >= 0.6 is 0 Å². The summed E-state index contributed by atoms with van der Waals surface area (Å²) in [5.74, 6) is 1.19. The summed E-state index contributed by atoms with van der Waals surface area (Å²) < 4.78 is 16.4. The summed E-state index contributed by atoms with van der Waals surface area (Å²) in [6.45, 7) is 3.57. The first-order valence-corrected chi connectivity index (χ1v) is 11.2. The molecule has 7 nitrogen and oxygen atoms in total. The van der Waals surface area contributed by atoms with Crippen LogP contribution in [0.5, 0.6) is 0 Å². The number of halogens is 1. The lowest BCUT2D eigenvalue weighted by atomic mass is 10.0. The average molecular weight is 430 g/mol. The Morgan fingerprint density at radius 3 is 2.44 bits per heavy atom. The predicted molar refractivity (Wildman–Crippen MR) is 120 cm³/mol. The van der Waals surface area contributed by atoms with Crippen LogP contribution in [0.1, 0.15) is 48.9 Å². The van der Waals surface area contributed by atoms with Crippen molar-refractivity contribution in [3.05, 3.63) is 60.2 Å². The Kier molecular flexibility index (Phi) is 4.59. The Hall–Kier alpha value is -3.42. The molecule has 0 amide bonds. The molecular formula is C24H24FN7. The van der Waals surface area contributed by atoms with Crippen molar-refractivity contribution < 1.29 is 4.39 Å². The fourth-order valence-electron chi connectivity index (χ4n) is 4.65. The number of aromatic nitrogens is 6. The van der Waals surface area contributed by atoms with E-state index in [0.29, 0.717) is 28.9 Å².